The predicted molar refractivity (Wildman–Crippen MR) is 77.1 cm³/mol. The van der Waals surface area contributed by atoms with Gasteiger partial charge in [-0.1, -0.05) is 40.2 Å². The van der Waals surface area contributed by atoms with Crippen molar-refractivity contribution in [2.24, 2.45) is 0 Å². The average molecular weight is 306 g/mol. The fraction of sp³-hybridized carbons (Fsp3) is 0.267. The number of benzene rings is 1. The molecule has 0 atom stereocenters. The van der Waals surface area contributed by atoms with E-state index in [2.05, 4.69) is 40.0 Å². The molecule has 0 aliphatic heterocycles. The lowest BCUT2D eigenvalue weighted by Gasteiger charge is -2.11. The fourth-order valence-electron chi connectivity index (χ4n) is 1.75. The molecule has 0 aliphatic rings. The molecule has 0 radical (unpaired) electrons. The summed E-state index contributed by atoms with van der Waals surface area (Å²) in [6, 6.07) is 12.2. The molecular formula is C15H16BrNO. The Morgan fingerprint density at radius 1 is 1.11 bits per heavy atom. The van der Waals surface area contributed by atoms with Crippen molar-refractivity contribution in [1.29, 1.82) is 0 Å². The topological polar surface area (TPSA) is 22.1 Å². The lowest BCUT2D eigenvalue weighted by atomic mass is 10.1. The average Bonchev–Trinajstić information content (AvgIpc) is 2.39. The summed E-state index contributed by atoms with van der Waals surface area (Å²) in [5.41, 5.74) is 4.41. The maximum absolute atomic E-state index is 5.86. The lowest BCUT2D eigenvalue weighted by molar-refractivity contribution is 0.301. The van der Waals surface area contributed by atoms with Crippen LogP contribution in [0, 0.1) is 13.8 Å². The van der Waals surface area contributed by atoms with Crippen molar-refractivity contribution in [2.75, 3.05) is 0 Å². The van der Waals surface area contributed by atoms with E-state index in [0.717, 1.165) is 17.1 Å². The van der Waals surface area contributed by atoms with Crippen molar-refractivity contribution in [1.82, 2.24) is 4.98 Å². The number of rotatable bonds is 4. The third-order valence-corrected chi connectivity index (χ3v) is 3.37. The third-order valence-electron chi connectivity index (χ3n) is 2.84. The minimum atomic E-state index is 0.581. The molecule has 0 amide bonds. The molecule has 0 fully saturated rings. The van der Waals surface area contributed by atoms with E-state index in [1.807, 2.05) is 31.2 Å². The molecule has 0 saturated carbocycles. The first-order chi connectivity index (χ1) is 8.70. The van der Waals surface area contributed by atoms with Gasteiger partial charge in [-0.15, -0.1) is 0 Å². The van der Waals surface area contributed by atoms with E-state index in [1.54, 1.807) is 0 Å². The van der Waals surface area contributed by atoms with Gasteiger partial charge in [0.2, 0.25) is 0 Å². The van der Waals surface area contributed by atoms with Crippen LogP contribution in [0.15, 0.2) is 36.4 Å². The number of aryl methyl sites for hydroxylation is 2. The molecule has 1 heterocycles. The molecule has 0 bridgehead atoms. The highest BCUT2D eigenvalue weighted by atomic mass is 79.9. The quantitative estimate of drug-likeness (QED) is 0.791. The van der Waals surface area contributed by atoms with Crippen LogP contribution < -0.4 is 4.74 Å². The number of ether oxygens (including phenoxy) is 1. The van der Waals surface area contributed by atoms with E-state index in [1.165, 1.54) is 11.1 Å². The van der Waals surface area contributed by atoms with Gasteiger partial charge in [-0.2, -0.15) is 0 Å². The molecule has 0 unspecified atom stereocenters. The fourth-order valence-corrected chi connectivity index (χ4v) is 2.15. The van der Waals surface area contributed by atoms with Gasteiger partial charge in [0.25, 0.3) is 0 Å². The van der Waals surface area contributed by atoms with Gasteiger partial charge in [0.1, 0.15) is 12.4 Å². The Hall–Kier alpha value is -1.35. The number of nitrogens with zero attached hydrogens (tertiary/aromatic N) is 1. The number of hydrogen-bond acceptors (Lipinski definition) is 2. The number of hydrogen-bond donors (Lipinski definition) is 0. The second-order valence-electron chi connectivity index (χ2n) is 4.25. The second-order valence-corrected chi connectivity index (χ2v) is 4.81. The highest BCUT2D eigenvalue weighted by molar-refractivity contribution is 9.08. The van der Waals surface area contributed by atoms with E-state index in [-0.39, 0.29) is 0 Å². The van der Waals surface area contributed by atoms with Gasteiger partial charge < -0.3 is 4.74 Å². The Kier molecular flexibility index (Phi) is 4.37. The summed E-state index contributed by atoms with van der Waals surface area (Å²) in [7, 11) is 0. The van der Waals surface area contributed by atoms with Crippen molar-refractivity contribution in [3.63, 3.8) is 0 Å². The van der Waals surface area contributed by atoms with Crippen LogP contribution in [0.2, 0.25) is 0 Å². The Morgan fingerprint density at radius 2 is 1.89 bits per heavy atom. The minimum absolute atomic E-state index is 0.581. The summed E-state index contributed by atoms with van der Waals surface area (Å²) in [5, 5.41) is 0.706. The summed E-state index contributed by atoms with van der Waals surface area (Å²) < 4.78 is 5.86. The molecule has 2 nitrogen and oxygen atoms in total. The number of pyridine rings is 1. The van der Waals surface area contributed by atoms with Gasteiger partial charge in [0.05, 0.1) is 5.69 Å². The van der Waals surface area contributed by atoms with Crippen LogP contribution in [-0.2, 0) is 11.9 Å². The molecule has 18 heavy (non-hydrogen) atoms. The van der Waals surface area contributed by atoms with Crippen molar-refractivity contribution in [3.8, 4) is 5.75 Å². The SMILES string of the molecule is Cc1ccc(OCc2ccccc2C)c(CBr)n1. The molecule has 94 valence electrons. The van der Waals surface area contributed by atoms with E-state index in [4.69, 9.17) is 4.74 Å². The van der Waals surface area contributed by atoms with Crippen LogP contribution in [0.1, 0.15) is 22.5 Å². The van der Waals surface area contributed by atoms with Gasteiger partial charge in [-0.05, 0) is 37.1 Å². The van der Waals surface area contributed by atoms with Gasteiger partial charge in [-0.25, -0.2) is 0 Å². The van der Waals surface area contributed by atoms with Gasteiger partial charge in [0.15, 0.2) is 0 Å². The molecule has 1 aromatic heterocycles. The zero-order chi connectivity index (χ0) is 13.0. The van der Waals surface area contributed by atoms with Crippen molar-refractivity contribution in [2.45, 2.75) is 25.8 Å². The Morgan fingerprint density at radius 3 is 2.61 bits per heavy atom. The number of halogens is 1. The zero-order valence-electron chi connectivity index (χ0n) is 10.6. The molecule has 0 spiro atoms. The Bertz CT molecular complexity index is 540. The number of aromatic nitrogens is 1. The predicted octanol–water partition coefficient (Wildman–Crippen LogP) is 4.17. The maximum Gasteiger partial charge on any atom is 0.142 e. The smallest absolute Gasteiger partial charge is 0.142 e. The minimum Gasteiger partial charge on any atom is -0.487 e. The van der Waals surface area contributed by atoms with Gasteiger partial charge in [0, 0.05) is 11.0 Å². The third kappa shape index (κ3) is 3.10. The summed E-state index contributed by atoms with van der Waals surface area (Å²) in [5.74, 6) is 0.848. The van der Waals surface area contributed by atoms with Crippen LogP contribution in [-0.4, -0.2) is 4.98 Å². The Balaban J connectivity index is 2.13. The molecule has 2 aromatic rings. The van der Waals surface area contributed by atoms with Crippen LogP contribution >= 0.6 is 15.9 Å². The Labute approximate surface area is 116 Å². The normalized spacial score (nSPS) is 10.4. The molecule has 1 aromatic carbocycles. The highest BCUT2D eigenvalue weighted by Gasteiger charge is 2.05. The second kappa shape index (κ2) is 6.01. The molecule has 0 aliphatic carbocycles. The van der Waals surface area contributed by atoms with Crippen molar-refractivity contribution in [3.05, 3.63) is 58.9 Å². The molecular weight excluding hydrogens is 290 g/mol. The van der Waals surface area contributed by atoms with E-state index >= 15 is 0 Å². The summed E-state index contributed by atoms with van der Waals surface area (Å²) in [6.45, 7) is 4.66. The summed E-state index contributed by atoms with van der Waals surface area (Å²) in [6.07, 6.45) is 0. The first kappa shape index (κ1) is 13.1. The van der Waals surface area contributed by atoms with Crippen LogP contribution in [0.5, 0.6) is 5.75 Å². The molecule has 0 saturated heterocycles. The monoisotopic (exact) mass is 305 g/mol. The lowest BCUT2D eigenvalue weighted by Crippen LogP contribution is -2.01. The van der Waals surface area contributed by atoms with E-state index in [9.17, 15) is 0 Å². The van der Waals surface area contributed by atoms with Crippen LogP contribution in [0.25, 0.3) is 0 Å². The van der Waals surface area contributed by atoms with Crippen molar-refractivity contribution < 1.29 is 4.74 Å². The maximum atomic E-state index is 5.86. The van der Waals surface area contributed by atoms with E-state index in [0.29, 0.717) is 11.9 Å². The summed E-state index contributed by atoms with van der Waals surface area (Å²) in [4.78, 5) is 4.45. The van der Waals surface area contributed by atoms with Crippen LogP contribution in [0.3, 0.4) is 0 Å². The van der Waals surface area contributed by atoms with Gasteiger partial charge >= 0.3 is 0 Å². The largest absolute Gasteiger partial charge is 0.487 e. The summed E-state index contributed by atoms with van der Waals surface area (Å²) >= 11 is 3.44. The highest BCUT2D eigenvalue weighted by Crippen LogP contribution is 2.21. The molecule has 3 heteroatoms. The molecule has 2 rings (SSSR count). The first-order valence-corrected chi connectivity index (χ1v) is 7.02. The van der Waals surface area contributed by atoms with E-state index < -0.39 is 0 Å². The number of alkyl halides is 1. The van der Waals surface area contributed by atoms with Crippen LogP contribution in [0.4, 0.5) is 0 Å². The first-order valence-electron chi connectivity index (χ1n) is 5.90. The zero-order valence-corrected chi connectivity index (χ0v) is 12.2. The standard InChI is InChI=1S/C15H16BrNO/c1-11-5-3-4-6-13(11)10-18-15-8-7-12(2)17-14(15)9-16/h3-8H,9-10H2,1-2H3. The van der Waals surface area contributed by atoms with Crippen molar-refractivity contribution >= 4 is 15.9 Å². The molecule has 0 N–H and O–H groups in total. The van der Waals surface area contributed by atoms with Gasteiger partial charge in [-0.3, -0.25) is 4.98 Å².